The zero-order valence-corrected chi connectivity index (χ0v) is 19.4. The van der Waals surface area contributed by atoms with Gasteiger partial charge in [-0.05, 0) is 47.3 Å². The quantitative estimate of drug-likeness (QED) is 0.347. The van der Waals surface area contributed by atoms with E-state index in [1.165, 1.54) is 17.4 Å². The standard InChI is InChI=1S/C23H21F2N3O4S2/c24-22(25)34-14-20(29)27-17-3-1-4-18(11-17)28-21(30)16-8-6-15(7-9-16)12-26-23(31)32-13-19-5-2-10-33-19/h1-11,22H,12-14H2,(H,26,31)(H,27,29)(H,28,30). The Morgan fingerprint density at radius 1 is 0.971 bits per heavy atom. The van der Waals surface area contributed by atoms with Gasteiger partial charge in [0.25, 0.3) is 11.7 Å². The van der Waals surface area contributed by atoms with Crippen LogP contribution in [-0.4, -0.2) is 29.4 Å². The second kappa shape index (κ2) is 12.7. The van der Waals surface area contributed by atoms with Crippen molar-refractivity contribution in [2.75, 3.05) is 16.4 Å². The third-order valence-corrected chi connectivity index (χ3v) is 5.85. The van der Waals surface area contributed by atoms with Gasteiger partial charge in [0.05, 0.1) is 5.75 Å². The molecule has 3 N–H and O–H groups in total. The Labute approximate surface area is 202 Å². The normalized spacial score (nSPS) is 10.6. The zero-order valence-electron chi connectivity index (χ0n) is 17.8. The van der Waals surface area contributed by atoms with Gasteiger partial charge in [0, 0.05) is 28.4 Å². The number of nitrogens with one attached hydrogen (secondary N) is 3. The van der Waals surface area contributed by atoms with E-state index < -0.39 is 17.8 Å². The van der Waals surface area contributed by atoms with E-state index in [0.717, 1.165) is 10.4 Å². The number of alkyl halides is 2. The fraction of sp³-hybridized carbons (Fsp3) is 0.174. The average molecular weight is 506 g/mol. The van der Waals surface area contributed by atoms with Crippen molar-refractivity contribution in [1.29, 1.82) is 0 Å². The summed E-state index contributed by atoms with van der Waals surface area (Å²) in [7, 11) is 0. The third-order valence-electron chi connectivity index (χ3n) is 4.32. The number of anilines is 2. The van der Waals surface area contributed by atoms with Crippen LogP contribution in [0.1, 0.15) is 20.8 Å². The van der Waals surface area contributed by atoms with Crippen molar-refractivity contribution in [2.24, 2.45) is 0 Å². The second-order valence-electron chi connectivity index (χ2n) is 6.86. The summed E-state index contributed by atoms with van der Waals surface area (Å²) in [6, 6.07) is 16.8. The van der Waals surface area contributed by atoms with Crippen LogP contribution in [-0.2, 0) is 22.7 Å². The Balaban J connectivity index is 1.47. The summed E-state index contributed by atoms with van der Waals surface area (Å²) in [6.07, 6.45) is -0.532. The minimum absolute atomic E-state index is 0.210. The van der Waals surface area contributed by atoms with E-state index in [1.807, 2.05) is 17.5 Å². The van der Waals surface area contributed by atoms with Crippen molar-refractivity contribution in [1.82, 2.24) is 5.32 Å². The van der Waals surface area contributed by atoms with Gasteiger partial charge in [-0.3, -0.25) is 9.59 Å². The molecule has 0 radical (unpaired) electrons. The predicted molar refractivity (Wildman–Crippen MR) is 129 cm³/mol. The van der Waals surface area contributed by atoms with Gasteiger partial charge in [-0.1, -0.05) is 36.0 Å². The van der Waals surface area contributed by atoms with Crippen LogP contribution in [0.5, 0.6) is 0 Å². The summed E-state index contributed by atoms with van der Waals surface area (Å²) in [4.78, 5) is 37.0. The Morgan fingerprint density at radius 2 is 1.71 bits per heavy atom. The molecule has 0 unspecified atom stereocenters. The molecular weight excluding hydrogens is 484 g/mol. The molecule has 0 atom stereocenters. The molecule has 0 aliphatic heterocycles. The molecule has 0 bridgehead atoms. The maximum atomic E-state index is 12.5. The van der Waals surface area contributed by atoms with Crippen molar-refractivity contribution in [3.05, 3.63) is 82.0 Å². The highest BCUT2D eigenvalue weighted by Crippen LogP contribution is 2.18. The summed E-state index contributed by atoms with van der Waals surface area (Å²) < 4.78 is 29.5. The number of alkyl carbamates (subject to hydrolysis) is 1. The van der Waals surface area contributed by atoms with Crippen LogP contribution in [0.25, 0.3) is 0 Å². The van der Waals surface area contributed by atoms with Crippen molar-refractivity contribution in [3.8, 4) is 0 Å². The Kier molecular flexibility index (Phi) is 9.41. The van der Waals surface area contributed by atoms with E-state index in [0.29, 0.717) is 16.9 Å². The van der Waals surface area contributed by atoms with Gasteiger partial charge in [0.1, 0.15) is 6.61 Å². The molecule has 0 aliphatic rings. The van der Waals surface area contributed by atoms with Crippen LogP contribution in [0.3, 0.4) is 0 Å². The minimum Gasteiger partial charge on any atom is -0.444 e. The van der Waals surface area contributed by atoms with Crippen molar-refractivity contribution in [3.63, 3.8) is 0 Å². The van der Waals surface area contributed by atoms with Crippen LogP contribution in [0.15, 0.2) is 66.0 Å². The first-order valence-electron chi connectivity index (χ1n) is 10.0. The number of thiophene rings is 1. The number of carbonyl (C=O) groups excluding carboxylic acids is 3. The number of benzene rings is 2. The number of rotatable bonds is 10. The molecule has 34 heavy (non-hydrogen) atoms. The lowest BCUT2D eigenvalue weighted by atomic mass is 10.1. The van der Waals surface area contributed by atoms with Crippen molar-refractivity contribution < 1.29 is 27.9 Å². The second-order valence-corrected chi connectivity index (χ2v) is 8.87. The lowest BCUT2D eigenvalue weighted by molar-refractivity contribution is -0.113. The van der Waals surface area contributed by atoms with Gasteiger partial charge < -0.3 is 20.7 Å². The van der Waals surface area contributed by atoms with E-state index in [9.17, 15) is 23.2 Å². The molecular formula is C23H21F2N3O4S2. The molecule has 1 heterocycles. The van der Waals surface area contributed by atoms with E-state index >= 15 is 0 Å². The van der Waals surface area contributed by atoms with Gasteiger partial charge in [-0.15, -0.1) is 11.3 Å². The van der Waals surface area contributed by atoms with Gasteiger partial charge >= 0.3 is 6.09 Å². The predicted octanol–water partition coefficient (Wildman–Crippen LogP) is 5.32. The Morgan fingerprint density at radius 3 is 2.38 bits per heavy atom. The van der Waals surface area contributed by atoms with Crippen LogP contribution >= 0.6 is 23.1 Å². The Hall–Kier alpha value is -3.44. The lowest BCUT2D eigenvalue weighted by Crippen LogP contribution is -2.23. The number of hydrogen-bond donors (Lipinski definition) is 3. The molecule has 7 nitrogen and oxygen atoms in total. The van der Waals surface area contributed by atoms with E-state index in [-0.39, 0.29) is 36.6 Å². The third kappa shape index (κ3) is 8.49. The van der Waals surface area contributed by atoms with E-state index in [2.05, 4.69) is 16.0 Å². The molecule has 0 saturated heterocycles. The Bertz CT molecular complexity index is 1110. The summed E-state index contributed by atoms with van der Waals surface area (Å²) in [5, 5.41) is 9.78. The SMILES string of the molecule is O=C(CSC(F)F)Nc1cccc(NC(=O)c2ccc(CNC(=O)OCc3cccs3)cc2)c1. The average Bonchev–Trinajstić information content (AvgIpc) is 3.34. The highest BCUT2D eigenvalue weighted by molar-refractivity contribution is 8.00. The van der Waals surface area contributed by atoms with Crippen molar-refractivity contribution in [2.45, 2.75) is 18.9 Å². The van der Waals surface area contributed by atoms with Gasteiger partial charge in [-0.25, -0.2) is 4.79 Å². The van der Waals surface area contributed by atoms with E-state index in [1.54, 1.807) is 42.5 Å². The molecule has 0 aliphatic carbocycles. The molecule has 0 fully saturated rings. The molecule has 11 heteroatoms. The maximum Gasteiger partial charge on any atom is 0.407 e. The molecule has 2 aromatic carbocycles. The van der Waals surface area contributed by atoms with Gasteiger partial charge in [0.2, 0.25) is 5.91 Å². The summed E-state index contributed by atoms with van der Waals surface area (Å²) >= 11 is 1.74. The van der Waals surface area contributed by atoms with Crippen LogP contribution in [0.2, 0.25) is 0 Å². The molecule has 178 valence electrons. The number of hydrogen-bond acceptors (Lipinski definition) is 6. The van der Waals surface area contributed by atoms with Crippen LogP contribution in [0.4, 0.5) is 25.0 Å². The number of ether oxygens (including phenoxy) is 1. The smallest absolute Gasteiger partial charge is 0.407 e. The largest absolute Gasteiger partial charge is 0.444 e. The number of amides is 3. The molecule has 3 aromatic rings. The van der Waals surface area contributed by atoms with Gasteiger partial charge in [0.15, 0.2) is 0 Å². The van der Waals surface area contributed by atoms with Crippen molar-refractivity contribution >= 4 is 52.4 Å². The minimum atomic E-state index is -2.62. The highest BCUT2D eigenvalue weighted by Gasteiger charge is 2.10. The molecule has 3 amide bonds. The van der Waals surface area contributed by atoms with Crippen LogP contribution < -0.4 is 16.0 Å². The first-order chi connectivity index (χ1) is 16.4. The molecule has 0 saturated carbocycles. The fourth-order valence-electron chi connectivity index (χ4n) is 2.74. The maximum absolute atomic E-state index is 12.5. The first-order valence-corrected chi connectivity index (χ1v) is 11.9. The number of halogens is 2. The summed E-state index contributed by atoms with van der Waals surface area (Å²) in [6.45, 7) is 0.457. The summed E-state index contributed by atoms with van der Waals surface area (Å²) in [5.41, 5.74) is 2.00. The van der Waals surface area contributed by atoms with Gasteiger partial charge in [-0.2, -0.15) is 8.78 Å². The number of carbonyl (C=O) groups is 3. The zero-order chi connectivity index (χ0) is 24.3. The summed E-state index contributed by atoms with van der Waals surface area (Å²) in [5.74, 6) is -3.93. The van der Waals surface area contributed by atoms with Crippen LogP contribution in [0, 0.1) is 0 Å². The molecule has 1 aromatic heterocycles. The monoisotopic (exact) mass is 505 g/mol. The topological polar surface area (TPSA) is 96.5 Å². The molecule has 0 spiro atoms. The highest BCUT2D eigenvalue weighted by atomic mass is 32.2. The molecule has 3 rings (SSSR count). The fourth-order valence-corrected chi connectivity index (χ4v) is 3.71. The van der Waals surface area contributed by atoms with E-state index in [4.69, 9.17) is 4.74 Å². The number of thioether (sulfide) groups is 1. The lowest BCUT2D eigenvalue weighted by Gasteiger charge is -2.10. The first kappa shape index (κ1) is 25.2.